The van der Waals surface area contributed by atoms with Gasteiger partial charge in [0.25, 0.3) is 0 Å². The molecule has 0 heterocycles. The number of hydrogen-bond donors (Lipinski definition) is 0. The maximum atomic E-state index is 15.1. The van der Waals surface area contributed by atoms with E-state index in [-0.39, 0.29) is 5.82 Å². The molecule has 33 heavy (non-hydrogen) atoms. The first kappa shape index (κ1) is 23.3. The second-order valence-corrected chi connectivity index (χ2v) is 9.54. The number of fused-ring (bicyclic) bond motifs is 1. The fourth-order valence-corrected chi connectivity index (χ4v) is 5.12. The summed E-state index contributed by atoms with van der Waals surface area (Å²) in [6, 6.07) is 18.3. The molecule has 0 radical (unpaired) electrons. The Bertz CT molecular complexity index is 1130. The van der Waals surface area contributed by atoms with Gasteiger partial charge in [-0.3, -0.25) is 0 Å². The second kappa shape index (κ2) is 11.3. The molecule has 0 aliphatic heterocycles. The van der Waals surface area contributed by atoms with Crippen LogP contribution in [0.2, 0.25) is 0 Å². The first-order valence-corrected chi connectivity index (χ1v) is 12.6. The number of halogens is 1. The number of unbranched alkanes of at least 4 members (excludes halogenated alkanes) is 1. The molecule has 3 aromatic rings. The maximum absolute atomic E-state index is 15.1. The average molecular weight is 439 g/mol. The highest BCUT2D eigenvalue weighted by Gasteiger charge is 2.21. The van der Waals surface area contributed by atoms with Crippen LogP contribution < -0.4 is 0 Å². The lowest BCUT2D eigenvalue weighted by Gasteiger charge is -2.28. The predicted octanol–water partition coefficient (Wildman–Crippen LogP) is 8.96. The molecule has 0 unspecified atom stereocenters. The highest BCUT2D eigenvalue weighted by Crippen LogP contribution is 2.37. The van der Waals surface area contributed by atoms with E-state index in [1.54, 1.807) is 6.07 Å². The summed E-state index contributed by atoms with van der Waals surface area (Å²) in [5.74, 6) is 7.60. The topological polar surface area (TPSA) is 0 Å². The lowest BCUT2D eigenvalue weighted by molar-refractivity contribution is 0.304. The van der Waals surface area contributed by atoms with E-state index in [4.69, 9.17) is 0 Å². The van der Waals surface area contributed by atoms with Crippen LogP contribution in [0.3, 0.4) is 0 Å². The molecule has 4 rings (SSSR count). The highest BCUT2D eigenvalue weighted by atomic mass is 19.1. The second-order valence-electron chi connectivity index (χ2n) is 9.54. The molecular formula is C32H35F. The average Bonchev–Trinajstić information content (AvgIpc) is 2.86. The summed E-state index contributed by atoms with van der Waals surface area (Å²) in [5.41, 5.74) is 4.03. The Morgan fingerprint density at radius 2 is 1.76 bits per heavy atom. The van der Waals surface area contributed by atoms with E-state index in [2.05, 4.69) is 55.7 Å². The molecular weight excluding hydrogens is 403 g/mol. The summed E-state index contributed by atoms with van der Waals surface area (Å²) < 4.78 is 15.1. The van der Waals surface area contributed by atoms with E-state index in [0.29, 0.717) is 16.9 Å². The third-order valence-corrected chi connectivity index (χ3v) is 7.19. The fourth-order valence-electron chi connectivity index (χ4n) is 5.12. The third-order valence-electron chi connectivity index (χ3n) is 7.19. The lowest BCUT2D eigenvalue weighted by Crippen LogP contribution is -2.13. The standard InChI is InChI=1S/C32H35F/c1-3-5-7-24-9-15-27(16-10-24)28-17-11-25(12-18-28)13-19-29-20-21-30-23-26(8-6-4-2)14-22-31(30)32(29)33/h4,11-12,14,17-18,20-24,27H,2-3,5-10,15-16H2,1H3. The fraction of sp³-hybridized carbons (Fsp3) is 0.375. The van der Waals surface area contributed by atoms with Gasteiger partial charge in [0.1, 0.15) is 5.82 Å². The summed E-state index contributed by atoms with van der Waals surface area (Å²) in [5, 5.41) is 1.56. The molecule has 0 atom stereocenters. The predicted molar refractivity (Wildman–Crippen MR) is 139 cm³/mol. The molecule has 1 heteroatoms. The minimum absolute atomic E-state index is 0.230. The Morgan fingerprint density at radius 1 is 0.970 bits per heavy atom. The van der Waals surface area contributed by atoms with Crippen molar-refractivity contribution in [3.63, 3.8) is 0 Å². The zero-order valence-electron chi connectivity index (χ0n) is 19.9. The van der Waals surface area contributed by atoms with Gasteiger partial charge in [0, 0.05) is 10.9 Å². The zero-order valence-corrected chi connectivity index (χ0v) is 19.9. The molecule has 1 fully saturated rings. The van der Waals surface area contributed by atoms with Crippen LogP contribution in [-0.4, -0.2) is 0 Å². The van der Waals surface area contributed by atoms with E-state index in [1.807, 2.05) is 24.3 Å². The molecule has 0 aromatic heterocycles. The highest BCUT2D eigenvalue weighted by molar-refractivity contribution is 5.85. The number of benzene rings is 3. The van der Waals surface area contributed by atoms with Crippen molar-refractivity contribution < 1.29 is 4.39 Å². The molecule has 0 amide bonds. The molecule has 0 spiro atoms. The monoisotopic (exact) mass is 438 g/mol. The van der Waals surface area contributed by atoms with Crippen molar-refractivity contribution >= 4 is 10.8 Å². The molecule has 1 aliphatic rings. The summed E-state index contributed by atoms with van der Waals surface area (Å²) in [6.07, 6.45) is 13.2. The van der Waals surface area contributed by atoms with Gasteiger partial charge < -0.3 is 0 Å². The molecule has 0 nitrogen and oxygen atoms in total. The van der Waals surface area contributed by atoms with Gasteiger partial charge in [0.15, 0.2) is 0 Å². The molecule has 3 aromatic carbocycles. The first-order valence-electron chi connectivity index (χ1n) is 12.6. The SMILES string of the molecule is C=CCCc1ccc2c(F)c(C#Cc3ccc(C4CCC(CCCC)CC4)cc3)ccc2c1. The summed E-state index contributed by atoms with van der Waals surface area (Å²) in [4.78, 5) is 0. The van der Waals surface area contributed by atoms with Crippen LogP contribution in [0.4, 0.5) is 4.39 Å². The minimum atomic E-state index is -0.230. The van der Waals surface area contributed by atoms with E-state index in [1.165, 1.54) is 56.1 Å². The number of aryl methyl sites for hydroxylation is 1. The Hall–Kier alpha value is -2.85. The van der Waals surface area contributed by atoms with Gasteiger partial charge in [-0.2, -0.15) is 0 Å². The molecule has 0 N–H and O–H groups in total. The van der Waals surface area contributed by atoms with Gasteiger partial charge in [-0.15, -0.1) is 6.58 Å². The van der Waals surface area contributed by atoms with Gasteiger partial charge in [-0.1, -0.05) is 80.5 Å². The Labute approximate surface area is 198 Å². The van der Waals surface area contributed by atoms with E-state index in [9.17, 15) is 0 Å². The number of rotatable bonds is 7. The van der Waals surface area contributed by atoms with Crippen molar-refractivity contribution in [3.05, 3.63) is 95.3 Å². The molecule has 1 aliphatic carbocycles. The van der Waals surface area contributed by atoms with Gasteiger partial charge in [0.2, 0.25) is 0 Å². The zero-order chi connectivity index (χ0) is 23.0. The van der Waals surface area contributed by atoms with Gasteiger partial charge >= 0.3 is 0 Å². The van der Waals surface area contributed by atoms with Crippen molar-refractivity contribution in [2.24, 2.45) is 5.92 Å². The van der Waals surface area contributed by atoms with E-state index in [0.717, 1.165) is 29.7 Å². The van der Waals surface area contributed by atoms with Gasteiger partial charge in [-0.25, -0.2) is 4.39 Å². The van der Waals surface area contributed by atoms with Crippen LogP contribution in [0, 0.1) is 23.6 Å². The van der Waals surface area contributed by atoms with Crippen LogP contribution in [0.25, 0.3) is 10.8 Å². The number of hydrogen-bond acceptors (Lipinski definition) is 0. The Morgan fingerprint density at radius 3 is 2.48 bits per heavy atom. The van der Waals surface area contributed by atoms with Crippen LogP contribution in [0.15, 0.2) is 67.3 Å². The first-order chi connectivity index (χ1) is 16.2. The van der Waals surface area contributed by atoms with Crippen LogP contribution in [0.5, 0.6) is 0 Å². The molecule has 0 bridgehead atoms. The van der Waals surface area contributed by atoms with Crippen molar-refractivity contribution in [1.82, 2.24) is 0 Å². The van der Waals surface area contributed by atoms with E-state index >= 15 is 4.39 Å². The minimum Gasteiger partial charge on any atom is -0.205 e. The summed E-state index contributed by atoms with van der Waals surface area (Å²) in [7, 11) is 0. The van der Waals surface area contributed by atoms with Crippen LogP contribution in [-0.2, 0) is 6.42 Å². The Kier molecular flexibility index (Phi) is 8.01. The van der Waals surface area contributed by atoms with Gasteiger partial charge in [0.05, 0.1) is 5.56 Å². The van der Waals surface area contributed by atoms with Crippen molar-refractivity contribution in [2.75, 3.05) is 0 Å². The molecule has 170 valence electrons. The van der Waals surface area contributed by atoms with Crippen molar-refractivity contribution in [3.8, 4) is 11.8 Å². The summed E-state index contributed by atoms with van der Waals surface area (Å²) >= 11 is 0. The van der Waals surface area contributed by atoms with Gasteiger partial charge in [-0.05, 0) is 85.1 Å². The van der Waals surface area contributed by atoms with Crippen molar-refractivity contribution in [2.45, 2.75) is 70.6 Å². The van der Waals surface area contributed by atoms with Crippen molar-refractivity contribution in [1.29, 1.82) is 0 Å². The molecule has 1 saturated carbocycles. The smallest absolute Gasteiger partial charge is 0.146 e. The van der Waals surface area contributed by atoms with Crippen LogP contribution >= 0.6 is 0 Å². The Balaban J connectivity index is 1.43. The molecule has 0 saturated heterocycles. The quantitative estimate of drug-likeness (QED) is 0.255. The number of allylic oxidation sites excluding steroid dienone is 1. The largest absolute Gasteiger partial charge is 0.205 e. The van der Waals surface area contributed by atoms with E-state index < -0.39 is 0 Å². The van der Waals surface area contributed by atoms with Crippen LogP contribution in [0.1, 0.15) is 86.5 Å². The normalized spacial score (nSPS) is 18.0. The third kappa shape index (κ3) is 5.94. The maximum Gasteiger partial charge on any atom is 0.146 e. The summed E-state index contributed by atoms with van der Waals surface area (Å²) in [6.45, 7) is 6.06. The lowest BCUT2D eigenvalue weighted by atomic mass is 9.77.